The van der Waals surface area contributed by atoms with Crippen LogP contribution in [0.2, 0.25) is 0 Å². The number of para-hydroxylation sites is 3. The van der Waals surface area contributed by atoms with Gasteiger partial charge in [-0.1, -0.05) is 127 Å². The Kier molecular flexibility index (Phi) is 5.96. The molecular weight excluding hydrogens is 621 g/mol. The van der Waals surface area contributed by atoms with E-state index in [1.807, 2.05) is 12.1 Å². The van der Waals surface area contributed by atoms with Crippen LogP contribution in [0.1, 0.15) is 0 Å². The number of benzene rings is 8. The monoisotopic (exact) mass is 650 g/mol. The molecule has 51 heavy (non-hydrogen) atoms. The molecule has 0 spiro atoms. The van der Waals surface area contributed by atoms with Gasteiger partial charge in [0.1, 0.15) is 5.58 Å². The maximum Gasteiger partial charge on any atom is 0.213 e. The zero-order chi connectivity index (χ0) is 33.5. The van der Waals surface area contributed by atoms with Crippen molar-refractivity contribution >= 4 is 65.6 Å². The summed E-state index contributed by atoms with van der Waals surface area (Å²) in [5.41, 5.74) is 12.4. The maximum absolute atomic E-state index is 6.47. The Hall–Kier alpha value is -6.84. The van der Waals surface area contributed by atoms with Crippen LogP contribution in [0.15, 0.2) is 186 Å². The van der Waals surface area contributed by atoms with Gasteiger partial charge in [0.2, 0.25) is 5.71 Å². The van der Waals surface area contributed by atoms with Crippen molar-refractivity contribution in [3.05, 3.63) is 182 Å². The van der Waals surface area contributed by atoms with E-state index in [4.69, 9.17) is 4.42 Å². The van der Waals surface area contributed by atoms with Gasteiger partial charge in [0.15, 0.2) is 0 Å². The van der Waals surface area contributed by atoms with Crippen LogP contribution in [-0.2, 0) is 0 Å². The van der Waals surface area contributed by atoms with E-state index in [1.165, 1.54) is 60.2 Å². The number of nitrogens with zero attached hydrogens (tertiary/aromatic N) is 2. The molecule has 0 saturated carbocycles. The molecule has 0 aliphatic rings. The Morgan fingerprint density at radius 2 is 0.922 bits per heavy atom. The van der Waals surface area contributed by atoms with Gasteiger partial charge >= 0.3 is 0 Å². The molecule has 238 valence electrons. The molecule has 0 unspecified atom stereocenters. The third-order valence-electron chi connectivity index (χ3n) is 10.6. The second kappa shape index (κ2) is 10.8. The Balaban J connectivity index is 1.00. The normalized spacial score (nSPS) is 11.9. The molecule has 3 nitrogen and oxygen atoms in total. The van der Waals surface area contributed by atoms with E-state index in [0.29, 0.717) is 0 Å². The van der Waals surface area contributed by atoms with Gasteiger partial charge in [-0.15, -0.1) is 0 Å². The lowest BCUT2D eigenvalue weighted by molar-refractivity contribution is 0.645. The van der Waals surface area contributed by atoms with E-state index in [1.54, 1.807) is 0 Å². The summed E-state index contributed by atoms with van der Waals surface area (Å²) in [6.07, 6.45) is 0. The van der Waals surface area contributed by atoms with Gasteiger partial charge in [0, 0.05) is 32.9 Å². The first kappa shape index (κ1) is 28.0. The Labute approximate surface area is 293 Å². The lowest BCUT2D eigenvalue weighted by Crippen LogP contribution is -1.94. The fraction of sp³-hybridized carbons (Fsp3) is 0. The van der Waals surface area contributed by atoms with Gasteiger partial charge in [-0.2, -0.15) is 0 Å². The van der Waals surface area contributed by atoms with Crippen molar-refractivity contribution in [2.45, 2.75) is 0 Å². The quantitative estimate of drug-likeness (QED) is 0.186. The second-order valence-corrected chi connectivity index (χ2v) is 13.3. The van der Waals surface area contributed by atoms with Crippen LogP contribution >= 0.6 is 0 Å². The van der Waals surface area contributed by atoms with E-state index in [9.17, 15) is 0 Å². The van der Waals surface area contributed by atoms with Gasteiger partial charge in [-0.05, 0) is 87.6 Å². The summed E-state index contributed by atoms with van der Waals surface area (Å²) in [7, 11) is 0. The minimum absolute atomic E-state index is 0.879. The summed E-state index contributed by atoms with van der Waals surface area (Å²) < 4.78 is 11.1. The molecule has 3 heterocycles. The molecular formula is C48H30N2O. The smallest absolute Gasteiger partial charge is 0.213 e. The summed E-state index contributed by atoms with van der Waals surface area (Å²) in [4.78, 5) is 0. The van der Waals surface area contributed by atoms with E-state index in [-0.39, 0.29) is 0 Å². The lowest BCUT2D eigenvalue weighted by Gasteiger charge is -2.11. The first-order chi connectivity index (χ1) is 25.3. The molecule has 0 amide bonds. The third kappa shape index (κ3) is 4.19. The fourth-order valence-electron chi connectivity index (χ4n) is 8.20. The largest absolute Gasteiger partial charge is 0.439 e. The predicted octanol–water partition coefficient (Wildman–Crippen LogP) is 13.1. The molecule has 0 bridgehead atoms. The highest BCUT2D eigenvalue weighted by molar-refractivity contribution is 6.20. The summed E-state index contributed by atoms with van der Waals surface area (Å²) >= 11 is 0. The predicted molar refractivity (Wildman–Crippen MR) is 213 cm³/mol. The average Bonchev–Trinajstić information content (AvgIpc) is 3.84. The zero-order valence-corrected chi connectivity index (χ0v) is 27.6. The third-order valence-corrected chi connectivity index (χ3v) is 10.6. The van der Waals surface area contributed by atoms with Crippen LogP contribution in [0.4, 0.5) is 0 Å². The molecule has 8 aromatic carbocycles. The van der Waals surface area contributed by atoms with Crippen LogP contribution in [0.3, 0.4) is 0 Å². The molecule has 3 aromatic heterocycles. The van der Waals surface area contributed by atoms with E-state index in [2.05, 4.69) is 179 Å². The molecule has 0 N–H and O–H groups in total. The number of rotatable bonds is 4. The average molecular weight is 651 g/mol. The van der Waals surface area contributed by atoms with Crippen molar-refractivity contribution in [1.29, 1.82) is 0 Å². The van der Waals surface area contributed by atoms with Crippen LogP contribution in [-0.4, -0.2) is 9.13 Å². The van der Waals surface area contributed by atoms with Crippen molar-refractivity contribution in [1.82, 2.24) is 9.13 Å². The molecule has 11 rings (SSSR count). The number of hydrogen-bond donors (Lipinski definition) is 0. The van der Waals surface area contributed by atoms with Crippen molar-refractivity contribution in [3.8, 4) is 33.6 Å². The van der Waals surface area contributed by atoms with Gasteiger partial charge in [0.05, 0.1) is 21.9 Å². The molecule has 11 aromatic rings. The fourth-order valence-corrected chi connectivity index (χ4v) is 8.20. The number of furan rings is 1. The van der Waals surface area contributed by atoms with Crippen LogP contribution in [0, 0.1) is 0 Å². The minimum atomic E-state index is 0.879. The van der Waals surface area contributed by atoms with Crippen molar-refractivity contribution in [2.24, 2.45) is 0 Å². The Bertz CT molecular complexity index is 3110. The molecule has 3 heteroatoms. The van der Waals surface area contributed by atoms with Gasteiger partial charge in [-0.3, -0.25) is 4.57 Å². The summed E-state index contributed by atoms with van der Waals surface area (Å²) in [5.74, 6) is 0. The standard InChI is InChI=1S/C48H30N2O/c1-2-12-37-32(10-1)11-9-16-38(37)33-22-27-35(28-23-33)49-43-17-6-3-13-39(43)42-30-34(24-29-45(42)49)31-20-25-36(26-21-31)50-44-18-7-4-14-40(44)47-41-15-5-8-19-46(41)51-48(47)50/h1-30H. The second-order valence-electron chi connectivity index (χ2n) is 13.3. The molecule has 0 aliphatic heterocycles. The van der Waals surface area contributed by atoms with E-state index in [0.717, 1.165) is 39.0 Å². The topological polar surface area (TPSA) is 23.0 Å². The lowest BCUT2D eigenvalue weighted by atomic mass is 9.98. The number of hydrogen-bond acceptors (Lipinski definition) is 1. The SMILES string of the molecule is c1ccc2c(-c3ccc(-n4c5ccccc5c5cc(-c6ccc(-n7c8ccccc8c8c9ccccc9oc87)cc6)ccc54)cc3)cccc2c1. The number of aromatic nitrogens is 2. The summed E-state index contributed by atoms with van der Waals surface area (Å²) in [6.45, 7) is 0. The van der Waals surface area contributed by atoms with E-state index >= 15 is 0 Å². The zero-order valence-electron chi connectivity index (χ0n) is 27.6. The molecule has 0 radical (unpaired) electrons. The van der Waals surface area contributed by atoms with E-state index < -0.39 is 0 Å². The Morgan fingerprint density at radius 1 is 0.353 bits per heavy atom. The van der Waals surface area contributed by atoms with Crippen molar-refractivity contribution in [2.75, 3.05) is 0 Å². The first-order valence-electron chi connectivity index (χ1n) is 17.4. The van der Waals surface area contributed by atoms with Gasteiger partial charge in [0.25, 0.3) is 0 Å². The highest BCUT2D eigenvalue weighted by atomic mass is 16.3. The van der Waals surface area contributed by atoms with Crippen molar-refractivity contribution < 1.29 is 4.42 Å². The van der Waals surface area contributed by atoms with Crippen LogP contribution < -0.4 is 0 Å². The summed E-state index contributed by atoms with van der Waals surface area (Å²) in [5, 5.41) is 8.53. The van der Waals surface area contributed by atoms with Crippen LogP contribution in [0.5, 0.6) is 0 Å². The maximum atomic E-state index is 6.47. The summed E-state index contributed by atoms with van der Waals surface area (Å²) in [6, 6.07) is 65.5. The Morgan fingerprint density at radius 3 is 1.73 bits per heavy atom. The molecule has 0 aliphatic carbocycles. The van der Waals surface area contributed by atoms with Gasteiger partial charge in [-0.25, -0.2) is 0 Å². The molecule has 0 saturated heterocycles. The first-order valence-corrected chi connectivity index (χ1v) is 17.4. The highest BCUT2D eigenvalue weighted by Gasteiger charge is 2.19. The molecule has 0 atom stereocenters. The van der Waals surface area contributed by atoms with Crippen molar-refractivity contribution in [3.63, 3.8) is 0 Å². The van der Waals surface area contributed by atoms with Gasteiger partial charge < -0.3 is 8.98 Å². The molecule has 0 fully saturated rings. The van der Waals surface area contributed by atoms with Crippen LogP contribution in [0.25, 0.3) is 99.2 Å². The number of fused-ring (bicyclic) bond motifs is 9. The highest BCUT2D eigenvalue weighted by Crippen LogP contribution is 2.40. The minimum Gasteiger partial charge on any atom is -0.439 e.